The van der Waals surface area contributed by atoms with E-state index in [0.29, 0.717) is 31.1 Å². The molecule has 6 rings (SSSR count). The zero-order valence-electron chi connectivity index (χ0n) is 17.8. The zero-order chi connectivity index (χ0) is 20.9. The number of carbonyl (C=O) groups is 1. The number of rotatable bonds is 5. The molecule has 4 saturated carbocycles. The summed E-state index contributed by atoms with van der Waals surface area (Å²) in [5.74, 6) is 2.53. The topological polar surface area (TPSA) is 69.7 Å². The number of piperazine rings is 1. The maximum Gasteiger partial charge on any atom is 0.243 e. The van der Waals surface area contributed by atoms with Gasteiger partial charge in [0.25, 0.3) is 0 Å². The molecule has 0 spiro atoms. The van der Waals surface area contributed by atoms with Crippen molar-refractivity contribution in [3.05, 3.63) is 30.3 Å². The zero-order valence-corrected chi connectivity index (χ0v) is 18.6. The van der Waals surface area contributed by atoms with Crippen LogP contribution in [-0.4, -0.2) is 61.3 Å². The van der Waals surface area contributed by atoms with E-state index in [2.05, 4.69) is 10.2 Å². The summed E-state index contributed by atoms with van der Waals surface area (Å²) in [6.45, 7) is 3.98. The summed E-state index contributed by atoms with van der Waals surface area (Å²) in [6.07, 6.45) is 7.55. The average Bonchev–Trinajstić information content (AvgIpc) is 2.72. The quantitative estimate of drug-likeness (QED) is 0.778. The van der Waals surface area contributed by atoms with Gasteiger partial charge in [-0.15, -0.1) is 0 Å². The van der Waals surface area contributed by atoms with Crippen LogP contribution in [0, 0.1) is 17.8 Å². The number of nitrogens with one attached hydrogen (secondary N) is 1. The second-order valence-electron chi connectivity index (χ2n) is 10.1. The van der Waals surface area contributed by atoms with Gasteiger partial charge < -0.3 is 5.32 Å². The fourth-order valence-electron chi connectivity index (χ4n) is 6.87. The molecule has 1 atom stereocenters. The van der Waals surface area contributed by atoms with Gasteiger partial charge in [0.05, 0.1) is 10.9 Å². The first-order valence-corrected chi connectivity index (χ1v) is 12.9. The van der Waals surface area contributed by atoms with Crippen molar-refractivity contribution in [1.82, 2.24) is 14.5 Å². The van der Waals surface area contributed by atoms with Crippen LogP contribution >= 0.6 is 0 Å². The highest BCUT2D eigenvalue weighted by Crippen LogP contribution is 2.55. The van der Waals surface area contributed by atoms with Crippen molar-refractivity contribution >= 4 is 15.9 Å². The smallest absolute Gasteiger partial charge is 0.243 e. The highest BCUT2D eigenvalue weighted by molar-refractivity contribution is 7.89. The Balaban J connectivity index is 1.19. The lowest BCUT2D eigenvalue weighted by molar-refractivity contribution is -0.132. The number of nitrogens with zero attached hydrogens (tertiary/aromatic N) is 2. The minimum absolute atomic E-state index is 0.0264. The van der Waals surface area contributed by atoms with Crippen molar-refractivity contribution in [3.63, 3.8) is 0 Å². The number of carbonyl (C=O) groups excluding carboxylic acids is 1. The molecule has 164 valence electrons. The van der Waals surface area contributed by atoms with E-state index >= 15 is 0 Å². The van der Waals surface area contributed by atoms with Crippen LogP contribution in [-0.2, 0) is 14.8 Å². The van der Waals surface area contributed by atoms with Crippen molar-refractivity contribution in [2.24, 2.45) is 17.8 Å². The van der Waals surface area contributed by atoms with Crippen molar-refractivity contribution in [3.8, 4) is 0 Å². The number of hydrogen-bond donors (Lipinski definition) is 1. The molecule has 0 radical (unpaired) electrons. The minimum Gasteiger partial charge on any atom is -0.349 e. The van der Waals surface area contributed by atoms with Gasteiger partial charge in [0.15, 0.2) is 0 Å². The van der Waals surface area contributed by atoms with E-state index < -0.39 is 10.0 Å². The summed E-state index contributed by atoms with van der Waals surface area (Å²) < 4.78 is 27.2. The predicted molar refractivity (Wildman–Crippen MR) is 115 cm³/mol. The van der Waals surface area contributed by atoms with Crippen LogP contribution in [0.1, 0.15) is 45.4 Å². The van der Waals surface area contributed by atoms with E-state index in [0.717, 1.165) is 37.0 Å². The van der Waals surface area contributed by atoms with Crippen LogP contribution in [0.3, 0.4) is 0 Å². The maximum atomic E-state index is 13.1. The summed E-state index contributed by atoms with van der Waals surface area (Å²) in [4.78, 5) is 15.6. The molecule has 5 fully saturated rings. The van der Waals surface area contributed by atoms with Crippen molar-refractivity contribution in [2.45, 2.75) is 61.9 Å². The molecular formula is C23H33N3O3S. The van der Waals surface area contributed by atoms with E-state index in [1.54, 1.807) is 28.6 Å². The molecule has 6 nitrogen and oxygen atoms in total. The van der Waals surface area contributed by atoms with Gasteiger partial charge in [0.2, 0.25) is 15.9 Å². The largest absolute Gasteiger partial charge is 0.349 e. The molecule has 30 heavy (non-hydrogen) atoms. The lowest BCUT2D eigenvalue weighted by Crippen LogP contribution is -2.63. The van der Waals surface area contributed by atoms with Crippen LogP contribution < -0.4 is 5.32 Å². The van der Waals surface area contributed by atoms with E-state index in [1.165, 1.54) is 19.3 Å². The molecule has 1 N–H and O–H groups in total. The molecular weight excluding hydrogens is 398 g/mol. The molecule has 1 amide bonds. The maximum absolute atomic E-state index is 13.1. The fourth-order valence-corrected chi connectivity index (χ4v) is 8.31. The first-order valence-electron chi connectivity index (χ1n) is 11.5. The van der Waals surface area contributed by atoms with Gasteiger partial charge in [-0.1, -0.05) is 18.2 Å². The Morgan fingerprint density at radius 2 is 1.50 bits per heavy atom. The van der Waals surface area contributed by atoms with Gasteiger partial charge >= 0.3 is 0 Å². The minimum atomic E-state index is -3.46. The van der Waals surface area contributed by atoms with Crippen LogP contribution in [0.5, 0.6) is 0 Å². The number of sulfonamides is 1. The van der Waals surface area contributed by atoms with Crippen molar-refractivity contribution in [1.29, 1.82) is 0 Å². The molecule has 0 aromatic heterocycles. The molecule has 1 saturated heterocycles. The highest BCUT2D eigenvalue weighted by atomic mass is 32.2. The van der Waals surface area contributed by atoms with Crippen LogP contribution in [0.4, 0.5) is 0 Å². The predicted octanol–water partition coefficient (Wildman–Crippen LogP) is 2.47. The van der Waals surface area contributed by atoms with E-state index in [9.17, 15) is 13.2 Å². The molecule has 0 unspecified atom stereocenters. The lowest BCUT2D eigenvalue weighted by atomic mass is 9.53. The molecule has 4 aliphatic carbocycles. The molecule has 1 aliphatic heterocycles. The highest BCUT2D eigenvalue weighted by Gasteiger charge is 2.52. The SMILES string of the molecule is C[C@H](C(=O)NC12CC3CC(CC(C3)C1)C2)N1CCN(S(=O)(=O)c2ccccc2)CC1. The molecule has 4 bridgehead atoms. The van der Waals surface area contributed by atoms with Crippen LogP contribution in [0.2, 0.25) is 0 Å². The summed E-state index contributed by atoms with van der Waals surface area (Å²) in [7, 11) is -3.46. The third-order valence-electron chi connectivity index (χ3n) is 8.01. The molecule has 1 heterocycles. The van der Waals surface area contributed by atoms with Crippen LogP contribution in [0.15, 0.2) is 35.2 Å². The van der Waals surface area contributed by atoms with Gasteiger partial charge in [-0.25, -0.2) is 8.42 Å². The first-order chi connectivity index (χ1) is 14.3. The molecule has 1 aromatic carbocycles. The van der Waals surface area contributed by atoms with E-state index in [-0.39, 0.29) is 17.5 Å². The van der Waals surface area contributed by atoms with Crippen molar-refractivity contribution < 1.29 is 13.2 Å². The Kier molecular flexibility index (Phi) is 5.19. The Morgan fingerprint density at radius 1 is 0.967 bits per heavy atom. The molecule has 5 aliphatic rings. The number of benzene rings is 1. The monoisotopic (exact) mass is 431 g/mol. The van der Waals surface area contributed by atoms with E-state index in [4.69, 9.17) is 0 Å². The molecule has 1 aromatic rings. The summed E-state index contributed by atoms with van der Waals surface area (Å²) in [6, 6.07) is 8.38. The Morgan fingerprint density at radius 3 is 2.03 bits per heavy atom. The lowest BCUT2D eigenvalue weighted by Gasteiger charge is -2.57. The molecule has 7 heteroatoms. The van der Waals surface area contributed by atoms with Gasteiger partial charge in [0, 0.05) is 31.7 Å². The van der Waals surface area contributed by atoms with Crippen molar-refractivity contribution in [2.75, 3.05) is 26.2 Å². The first kappa shape index (κ1) is 20.5. The normalized spacial score (nSPS) is 35.3. The Labute approximate surface area is 180 Å². The summed E-state index contributed by atoms with van der Waals surface area (Å²) >= 11 is 0. The van der Waals surface area contributed by atoms with Crippen LogP contribution in [0.25, 0.3) is 0 Å². The standard InChI is InChI=1S/C23H33N3O3S/c1-17(22(27)24-23-14-18-11-19(15-23)13-20(12-18)16-23)25-7-9-26(10-8-25)30(28,29)21-5-3-2-4-6-21/h2-6,17-20H,7-16H2,1H3,(H,24,27)/t17-,18?,19?,20?,23?/m1/s1. The van der Waals surface area contributed by atoms with Gasteiger partial charge in [-0.3, -0.25) is 9.69 Å². The summed E-state index contributed by atoms with van der Waals surface area (Å²) in [5.41, 5.74) is 0.0264. The van der Waals surface area contributed by atoms with Gasteiger partial charge in [-0.05, 0) is 75.3 Å². The second-order valence-corrected chi connectivity index (χ2v) is 12.1. The Hall–Kier alpha value is -1.44. The number of hydrogen-bond acceptors (Lipinski definition) is 4. The van der Waals surface area contributed by atoms with Gasteiger partial charge in [0.1, 0.15) is 0 Å². The number of amides is 1. The Bertz CT molecular complexity index is 858. The summed E-state index contributed by atoms with van der Waals surface area (Å²) in [5, 5.41) is 3.48. The third-order valence-corrected chi connectivity index (χ3v) is 9.92. The second kappa shape index (κ2) is 7.61. The fraction of sp³-hybridized carbons (Fsp3) is 0.696. The van der Waals surface area contributed by atoms with Gasteiger partial charge in [-0.2, -0.15) is 4.31 Å². The van der Waals surface area contributed by atoms with E-state index in [1.807, 2.05) is 13.0 Å². The average molecular weight is 432 g/mol. The third kappa shape index (κ3) is 3.69.